The largest absolute Gasteiger partial charge is 0.487 e. The average molecular weight is 317 g/mol. The summed E-state index contributed by atoms with van der Waals surface area (Å²) in [6, 6.07) is 9.28. The van der Waals surface area contributed by atoms with Crippen LogP contribution >= 0.6 is 0 Å². The lowest BCUT2D eigenvalue weighted by Crippen LogP contribution is -2.13. The van der Waals surface area contributed by atoms with Crippen molar-refractivity contribution >= 4 is 5.97 Å². The van der Waals surface area contributed by atoms with Crippen LogP contribution in [0.25, 0.3) is 11.5 Å². The number of carbonyl (C=O) groups is 1. The maximum atomic E-state index is 13.3. The number of hydrogen-bond acceptors (Lipinski definition) is 6. The molecule has 0 amide bonds. The molecule has 0 aliphatic heterocycles. The highest BCUT2D eigenvalue weighted by molar-refractivity contribution is 5.92. The minimum absolute atomic E-state index is 0.00541. The zero-order valence-electron chi connectivity index (χ0n) is 11.9. The number of halogens is 1. The molecule has 0 N–H and O–H groups in total. The Kier molecular flexibility index (Phi) is 4.37. The number of hydrogen-bond donors (Lipinski definition) is 0. The van der Waals surface area contributed by atoms with Gasteiger partial charge in [-0.2, -0.15) is 0 Å². The van der Waals surface area contributed by atoms with Gasteiger partial charge in [-0.3, -0.25) is 0 Å². The molecule has 0 saturated carbocycles. The van der Waals surface area contributed by atoms with E-state index >= 15 is 0 Å². The normalized spacial score (nSPS) is 10.5. The van der Waals surface area contributed by atoms with Crippen LogP contribution in [0.3, 0.4) is 0 Å². The molecule has 0 saturated heterocycles. The first-order valence-corrected chi connectivity index (χ1v) is 6.77. The SMILES string of the molecule is O=C(OCCOc1ccccc1F)c1ncoc1-c1ccco1. The lowest BCUT2D eigenvalue weighted by Gasteiger charge is -2.07. The Morgan fingerprint density at radius 2 is 2.00 bits per heavy atom. The van der Waals surface area contributed by atoms with E-state index in [0.717, 1.165) is 6.39 Å². The van der Waals surface area contributed by atoms with E-state index in [1.54, 1.807) is 24.3 Å². The molecule has 0 spiro atoms. The number of furan rings is 1. The molecule has 0 radical (unpaired) electrons. The molecular weight excluding hydrogens is 305 g/mol. The van der Waals surface area contributed by atoms with Crippen LogP contribution in [-0.2, 0) is 4.74 Å². The summed E-state index contributed by atoms with van der Waals surface area (Å²) in [6.45, 7) is -0.0434. The Bertz CT molecular complexity index is 781. The zero-order chi connectivity index (χ0) is 16.1. The average Bonchev–Trinajstić information content (AvgIpc) is 3.23. The molecule has 0 unspecified atom stereocenters. The van der Waals surface area contributed by atoms with E-state index in [9.17, 15) is 9.18 Å². The fourth-order valence-corrected chi connectivity index (χ4v) is 1.89. The van der Waals surface area contributed by atoms with E-state index in [1.165, 1.54) is 18.4 Å². The maximum absolute atomic E-state index is 13.3. The summed E-state index contributed by atoms with van der Waals surface area (Å²) in [5.41, 5.74) is 0.00541. The minimum Gasteiger partial charge on any atom is -0.487 e. The van der Waals surface area contributed by atoms with Gasteiger partial charge in [0.25, 0.3) is 0 Å². The lowest BCUT2D eigenvalue weighted by molar-refractivity contribution is 0.0442. The highest BCUT2D eigenvalue weighted by Crippen LogP contribution is 2.24. The van der Waals surface area contributed by atoms with Crippen molar-refractivity contribution in [2.45, 2.75) is 0 Å². The van der Waals surface area contributed by atoms with Crippen LogP contribution in [0.4, 0.5) is 4.39 Å². The molecule has 0 aliphatic rings. The fraction of sp³-hybridized carbons (Fsp3) is 0.125. The number of carbonyl (C=O) groups excluding carboxylic acids is 1. The monoisotopic (exact) mass is 317 g/mol. The van der Waals surface area contributed by atoms with Crippen molar-refractivity contribution in [1.29, 1.82) is 0 Å². The molecule has 1 aromatic carbocycles. The van der Waals surface area contributed by atoms with E-state index in [4.69, 9.17) is 18.3 Å². The number of oxazole rings is 1. The summed E-state index contributed by atoms with van der Waals surface area (Å²) in [6.07, 6.45) is 2.58. The molecule has 0 fully saturated rings. The molecule has 2 heterocycles. The van der Waals surface area contributed by atoms with Gasteiger partial charge in [-0.15, -0.1) is 0 Å². The predicted octanol–water partition coefficient (Wildman–Crippen LogP) is 3.31. The fourth-order valence-electron chi connectivity index (χ4n) is 1.89. The van der Waals surface area contributed by atoms with Gasteiger partial charge in [-0.25, -0.2) is 14.2 Å². The summed E-state index contributed by atoms with van der Waals surface area (Å²) >= 11 is 0. The van der Waals surface area contributed by atoms with E-state index in [2.05, 4.69) is 4.98 Å². The first-order valence-electron chi connectivity index (χ1n) is 6.77. The van der Waals surface area contributed by atoms with E-state index in [0.29, 0.717) is 5.76 Å². The van der Waals surface area contributed by atoms with Crippen molar-refractivity contribution in [2.75, 3.05) is 13.2 Å². The number of ether oxygens (including phenoxy) is 2. The van der Waals surface area contributed by atoms with Crippen LogP contribution in [-0.4, -0.2) is 24.2 Å². The number of aromatic nitrogens is 1. The molecule has 3 aromatic rings. The molecule has 6 nitrogen and oxygen atoms in total. The third-order valence-corrected chi connectivity index (χ3v) is 2.92. The molecule has 23 heavy (non-hydrogen) atoms. The van der Waals surface area contributed by atoms with Crippen LogP contribution < -0.4 is 4.74 Å². The maximum Gasteiger partial charge on any atom is 0.361 e. The van der Waals surface area contributed by atoms with Gasteiger partial charge in [0.2, 0.25) is 5.76 Å². The van der Waals surface area contributed by atoms with Gasteiger partial charge < -0.3 is 18.3 Å². The highest BCUT2D eigenvalue weighted by Gasteiger charge is 2.21. The Balaban J connectivity index is 1.55. The van der Waals surface area contributed by atoms with E-state index < -0.39 is 11.8 Å². The number of nitrogens with zero attached hydrogens (tertiary/aromatic N) is 1. The van der Waals surface area contributed by atoms with Crippen LogP contribution in [0, 0.1) is 5.82 Å². The Labute approximate surface area is 130 Å². The first kappa shape index (κ1) is 14.8. The summed E-state index contributed by atoms with van der Waals surface area (Å²) < 4.78 is 33.9. The lowest BCUT2D eigenvalue weighted by atomic mass is 10.3. The summed E-state index contributed by atoms with van der Waals surface area (Å²) in [4.78, 5) is 15.8. The third kappa shape index (κ3) is 3.39. The summed E-state index contributed by atoms with van der Waals surface area (Å²) in [5, 5.41) is 0. The van der Waals surface area contributed by atoms with Crippen LogP contribution in [0.15, 0.2) is 57.9 Å². The first-order chi connectivity index (χ1) is 11.3. The van der Waals surface area contributed by atoms with Crippen molar-refractivity contribution in [2.24, 2.45) is 0 Å². The van der Waals surface area contributed by atoms with Crippen molar-refractivity contribution < 1.29 is 27.5 Å². The van der Waals surface area contributed by atoms with Crippen molar-refractivity contribution in [3.63, 3.8) is 0 Å². The zero-order valence-corrected chi connectivity index (χ0v) is 11.9. The quantitative estimate of drug-likeness (QED) is 0.513. The molecule has 118 valence electrons. The smallest absolute Gasteiger partial charge is 0.361 e. The van der Waals surface area contributed by atoms with Gasteiger partial charge in [0.1, 0.15) is 13.2 Å². The van der Waals surface area contributed by atoms with Gasteiger partial charge in [0.05, 0.1) is 6.26 Å². The van der Waals surface area contributed by atoms with Crippen molar-refractivity contribution in [3.05, 3.63) is 60.6 Å². The highest BCUT2D eigenvalue weighted by atomic mass is 19.1. The topological polar surface area (TPSA) is 74.7 Å². The number of para-hydroxylation sites is 1. The van der Waals surface area contributed by atoms with Gasteiger partial charge in [0, 0.05) is 0 Å². The number of esters is 1. The number of benzene rings is 1. The summed E-state index contributed by atoms with van der Waals surface area (Å²) in [5.74, 6) is -0.494. The Morgan fingerprint density at radius 3 is 2.78 bits per heavy atom. The van der Waals surface area contributed by atoms with E-state index in [-0.39, 0.29) is 30.4 Å². The van der Waals surface area contributed by atoms with Gasteiger partial charge in [-0.1, -0.05) is 12.1 Å². The molecule has 0 aliphatic carbocycles. The standard InChI is InChI=1S/C16H12FNO5/c17-11-4-1-2-5-12(11)21-8-9-22-16(19)14-15(23-10-18-14)13-6-3-7-20-13/h1-7,10H,8-9H2. The second-order valence-electron chi connectivity index (χ2n) is 4.42. The molecule has 0 bridgehead atoms. The Morgan fingerprint density at radius 1 is 1.13 bits per heavy atom. The van der Waals surface area contributed by atoms with Crippen LogP contribution in [0.5, 0.6) is 5.75 Å². The van der Waals surface area contributed by atoms with Gasteiger partial charge in [0.15, 0.2) is 29.4 Å². The molecular formula is C16H12FNO5. The van der Waals surface area contributed by atoms with Crippen LogP contribution in [0.2, 0.25) is 0 Å². The molecule has 0 atom stereocenters. The third-order valence-electron chi connectivity index (χ3n) is 2.92. The second kappa shape index (κ2) is 6.78. The Hall–Kier alpha value is -3.09. The van der Waals surface area contributed by atoms with Crippen molar-refractivity contribution in [1.82, 2.24) is 4.98 Å². The van der Waals surface area contributed by atoms with Crippen molar-refractivity contribution in [3.8, 4) is 17.3 Å². The molecule has 2 aromatic heterocycles. The minimum atomic E-state index is -0.678. The molecule has 3 rings (SSSR count). The van der Waals surface area contributed by atoms with E-state index in [1.807, 2.05) is 0 Å². The summed E-state index contributed by atoms with van der Waals surface area (Å²) in [7, 11) is 0. The van der Waals surface area contributed by atoms with Gasteiger partial charge >= 0.3 is 5.97 Å². The number of rotatable bonds is 6. The second-order valence-corrected chi connectivity index (χ2v) is 4.42. The predicted molar refractivity (Wildman–Crippen MR) is 76.4 cm³/mol. The van der Waals surface area contributed by atoms with Gasteiger partial charge in [-0.05, 0) is 24.3 Å². The molecule has 7 heteroatoms. The van der Waals surface area contributed by atoms with Crippen LogP contribution in [0.1, 0.15) is 10.5 Å².